The number of nitrogens with one attached hydrogen (secondary N) is 1. The largest absolute Gasteiger partial charge is 0.481 e. The Hall–Kier alpha value is -1.06. The van der Waals surface area contributed by atoms with Gasteiger partial charge in [-0.3, -0.25) is 9.59 Å². The Morgan fingerprint density at radius 3 is 2.80 bits per heavy atom. The molecular weight excluding hydrogens is 134 g/mol. The number of amides is 1. The van der Waals surface area contributed by atoms with E-state index in [0.29, 0.717) is 12.8 Å². The maximum Gasteiger partial charge on any atom is 0.303 e. The van der Waals surface area contributed by atoms with Gasteiger partial charge in [0.25, 0.3) is 0 Å². The molecule has 58 valence electrons. The summed E-state index contributed by atoms with van der Waals surface area (Å²) in [6.45, 7) is 1.76. The molecule has 10 heavy (non-hydrogen) atoms. The highest BCUT2D eigenvalue weighted by Gasteiger charge is 2.02. The van der Waals surface area contributed by atoms with Gasteiger partial charge in [0.1, 0.15) is 0 Å². The Bertz CT molecular complexity index is 124. The fraction of sp³-hybridized carbons (Fsp3) is 0.667. The molecule has 0 fully saturated rings. The molecule has 0 spiro atoms. The van der Waals surface area contributed by atoms with Crippen molar-refractivity contribution in [3.05, 3.63) is 0 Å². The average molecular weight is 145 g/mol. The van der Waals surface area contributed by atoms with Gasteiger partial charge in [-0.05, 0) is 13.3 Å². The summed E-state index contributed by atoms with van der Waals surface area (Å²) in [6, 6.07) is -0.0476. The number of carbonyl (C=O) groups is 2. The number of carbonyl (C=O) groups excluding carboxylic acids is 1. The lowest BCUT2D eigenvalue weighted by Crippen LogP contribution is -2.24. The number of rotatable bonds is 5. The molecule has 1 atom stereocenters. The number of aliphatic carboxylic acids is 1. The third-order valence-corrected chi connectivity index (χ3v) is 1.14. The summed E-state index contributed by atoms with van der Waals surface area (Å²) in [5.74, 6) is -0.834. The molecule has 0 aliphatic rings. The van der Waals surface area contributed by atoms with Crippen LogP contribution in [-0.4, -0.2) is 23.5 Å². The highest BCUT2D eigenvalue weighted by atomic mass is 16.4. The lowest BCUT2D eigenvalue weighted by molar-refractivity contribution is -0.137. The van der Waals surface area contributed by atoms with E-state index in [4.69, 9.17) is 5.11 Å². The normalized spacial score (nSPS) is 12.1. The Kier molecular flexibility index (Phi) is 4.28. The predicted molar refractivity (Wildman–Crippen MR) is 35.5 cm³/mol. The first-order valence-corrected chi connectivity index (χ1v) is 3.08. The molecule has 2 N–H and O–H groups in total. The molecule has 0 aromatic carbocycles. The molecule has 0 aromatic heterocycles. The van der Waals surface area contributed by atoms with Crippen LogP contribution in [0.4, 0.5) is 0 Å². The van der Waals surface area contributed by atoms with Crippen molar-refractivity contribution in [3.63, 3.8) is 0 Å². The van der Waals surface area contributed by atoms with E-state index < -0.39 is 5.97 Å². The minimum atomic E-state index is -0.834. The van der Waals surface area contributed by atoms with Crippen LogP contribution in [-0.2, 0) is 9.59 Å². The van der Waals surface area contributed by atoms with Crippen LogP contribution in [0.2, 0.25) is 0 Å². The van der Waals surface area contributed by atoms with Crippen molar-refractivity contribution in [2.75, 3.05) is 0 Å². The van der Waals surface area contributed by atoms with E-state index in [2.05, 4.69) is 5.32 Å². The van der Waals surface area contributed by atoms with Gasteiger partial charge < -0.3 is 10.4 Å². The van der Waals surface area contributed by atoms with Crippen LogP contribution < -0.4 is 5.32 Å². The lowest BCUT2D eigenvalue weighted by Gasteiger charge is -2.06. The van der Waals surface area contributed by atoms with Gasteiger partial charge in [-0.15, -0.1) is 0 Å². The van der Waals surface area contributed by atoms with Crippen molar-refractivity contribution >= 4 is 12.4 Å². The standard InChI is InChI=1S/C6H11NO3/c1-5(7-4-8)2-3-6(9)10/h4-5H,2-3H2,1H3,(H,7,8)(H,9,10). The SMILES string of the molecule is CC(CCC(=O)O)NC=O. The zero-order valence-corrected chi connectivity index (χ0v) is 5.83. The Morgan fingerprint density at radius 2 is 2.40 bits per heavy atom. The summed E-state index contributed by atoms with van der Waals surface area (Å²) in [7, 11) is 0. The van der Waals surface area contributed by atoms with E-state index >= 15 is 0 Å². The van der Waals surface area contributed by atoms with Gasteiger partial charge in [-0.1, -0.05) is 0 Å². The number of hydrogen-bond donors (Lipinski definition) is 2. The highest BCUT2D eigenvalue weighted by Crippen LogP contribution is 1.94. The maximum atomic E-state index is 9.99. The van der Waals surface area contributed by atoms with Gasteiger partial charge in [0, 0.05) is 12.5 Å². The monoisotopic (exact) mass is 145 g/mol. The maximum absolute atomic E-state index is 9.99. The van der Waals surface area contributed by atoms with Crippen molar-refractivity contribution in [1.29, 1.82) is 0 Å². The summed E-state index contributed by atoms with van der Waals surface area (Å²) in [4.78, 5) is 19.8. The van der Waals surface area contributed by atoms with Crippen molar-refractivity contribution in [2.24, 2.45) is 0 Å². The quantitative estimate of drug-likeness (QED) is 0.534. The summed E-state index contributed by atoms with van der Waals surface area (Å²) in [5.41, 5.74) is 0. The molecule has 0 aliphatic carbocycles. The zero-order chi connectivity index (χ0) is 7.98. The molecular formula is C6H11NO3. The Morgan fingerprint density at radius 1 is 1.80 bits per heavy atom. The van der Waals surface area contributed by atoms with Crippen LogP contribution in [0.25, 0.3) is 0 Å². The molecule has 1 amide bonds. The zero-order valence-electron chi connectivity index (χ0n) is 5.83. The van der Waals surface area contributed by atoms with Crippen LogP contribution in [0.3, 0.4) is 0 Å². The minimum absolute atomic E-state index is 0.0476. The molecule has 1 unspecified atom stereocenters. The molecule has 4 heteroatoms. The summed E-state index contributed by atoms with van der Waals surface area (Å²) in [5, 5.41) is 10.7. The molecule has 4 nitrogen and oxygen atoms in total. The van der Waals surface area contributed by atoms with Crippen LogP contribution in [0.1, 0.15) is 19.8 Å². The number of carboxylic acids is 1. The fourth-order valence-corrected chi connectivity index (χ4v) is 0.539. The minimum Gasteiger partial charge on any atom is -0.481 e. The molecule has 0 rings (SSSR count). The Balaban J connectivity index is 3.29. The van der Waals surface area contributed by atoms with E-state index in [1.54, 1.807) is 6.92 Å². The van der Waals surface area contributed by atoms with Crippen molar-refractivity contribution < 1.29 is 14.7 Å². The second kappa shape index (κ2) is 4.78. The average Bonchev–Trinajstić information content (AvgIpc) is 1.85. The highest BCUT2D eigenvalue weighted by molar-refractivity contribution is 5.66. The van der Waals surface area contributed by atoms with E-state index in [-0.39, 0.29) is 12.5 Å². The molecule has 0 saturated heterocycles. The molecule has 0 heterocycles. The van der Waals surface area contributed by atoms with Gasteiger partial charge in [0.05, 0.1) is 0 Å². The molecule has 0 aliphatic heterocycles. The Labute approximate surface area is 59.2 Å². The van der Waals surface area contributed by atoms with Crippen molar-refractivity contribution in [1.82, 2.24) is 5.32 Å². The topological polar surface area (TPSA) is 66.4 Å². The van der Waals surface area contributed by atoms with Gasteiger partial charge in [0.15, 0.2) is 0 Å². The third-order valence-electron chi connectivity index (χ3n) is 1.14. The molecule has 0 radical (unpaired) electrons. The summed E-state index contributed by atoms with van der Waals surface area (Å²) < 4.78 is 0. The lowest BCUT2D eigenvalue weighted by atomic mass is 10.2. The van der Waals surface area contributed by atoms with E-state index in [1.807, 2.05) is 0 Å². The smallest absolute Gasteiger partial charge is 0.303 e. The van der Waals surface area contributed by atoms with Gasteiger partial charge in [-0.25, -0.2) is 0 Å². The van der Waals surface area contributed by atoms with Crippen molar-refractivity contribution in [3.8, 4) is 0 Å². The van der Waals surface area contributed by atoms with E-state index in [0.717, 1.165) is 0 Å². The molecule has 0 saturated carbocycles. The van der Waals surface area contributed by atoms with E-state index in [1.165, 1.54) is 0 Å². The second-order valence-electron chi connectivity index (χ2n) is 2.12. The molecule has 0 aromatic rings. The van der Waals surface area contributed by atoms with Gasteiger partial charge in [-0.2, -0.15) is 0 Å². The second-order valence-corrected chi connectivity index (χ2v) is 2.12. The van der Waals surface area contributed by atoms with Crippen molar-refractivity contribution in [2.45, 2.75) is 25.8 Å². The van der Waals surface area contributed by atoms with Crippen LogP contribution in [0.5, 0.6) is 0 Å². The van der Waals surface area contributed by atoms with Crippen LogP contribution in [0.15, 0.2) is 0 Å². The summed E-state index contributed by atoms with van der Waals surface area (Å²) >= 11 is 0. The van der Waals surface area contributed by atoms with E-state index in [9.17, 15) is 9.59 Å². The van der Waals surface area contributed by atoms with Gasteiger partial charge >= 0.3 is 5.97 Å². The molecule has 0 bridgehead atoms. The van der Waals surface area contributed by atoms with Gasteiger partial charge in [0.2, 0.25) is 6.41 Å². The number of carboxylic acid groups (broad SMARTS) is 1. The first-order valence-electron chi connectivity index (χ1n) is 3.08. The predicted octanol–water partition coefficient (Wildman–Crippen LogP) is -0.0143. The first kappa shape index (κ1) is 8.94. The van der Waals surface area contributed by atoms with Crippen LogP contribution >= 0.6 is 0 Å². The van der Waals surface area contributed by atoms with Crippen LogP contribution in [0, 0.1) is 0 Å². The first-order chi connectivity index (χ1) is 4.66. The third kappa shape index (κ3) is 5.08. The number of hydrogen-bond acceptors (Lipinski definition) is 2. The fourth-order valence-electron chi connectivity index (χ4n) is 0.539. The summed E-state index contributed by atoms with van der Waals surface area (Å²) in [6.07, 6.45) is 1.16.